The number of carbonyl (C=O) groups excluding carboxylic acids is 2. The van der Waals surface area contributed by atoms with E-state index in [4.69, 9.17) is 13.8 Å². The van der Waals surface area contributed by atoms with Gasteiger partial charge in [0.15, 0.2) is 12.4 Å². The number of amides is 1. The van der Waals surface area contributed by atoms with E-state index in [-0.39, 0.29) is 36.1 Å². The van der Waals surface area contributed by atoms with E-state index in [1.807, 2.05) is 30.3 Å². The first kappa shape index (κ1) is 17.9. The van der Waals surface area contributed by atoms with Gasteiger partial charge in [0.25, 0.3) is 11.8 Å². The number of rotatable bonds is 6. The second kappa shape index (κ2) is 7.63. The number of hydrogen-bond acceptors (Lipinski definition) is 8. The van der Waals surface area contributed by atoms with Crippen molar-refractivity contribution in [2.75, 3.05) is 0 Å². The van der Waals surface area contributed by atoms with Crippen LogP contribution in [-0.2, 0) is 16.1 Å². The minimum Gasteiger partial charge on any atom is -0.456 e. The number of aromatic nitrogens is 3. The zero-order valence-electron chi connectivity index (χ0n) is 15.1. The van der Waals surface area contributed by atoms with E-state index in [0.29, 0.717) is 24.4 Å². The largest absolute Gasteiger partial charge is 0.456 e. The molecule has 4 rings (SSSR count). The monoisotopic (exact) mass is 382 g/mol. The third-order valence-corrected chi connectivity index (χ3v) is 4.52. The lowest BCUT2D eigenvalue weighted by atomic mass is 9.79. The highest BCUT2D eigenvalue weighted by atomic mass is 16.6. The van der Waals surface area contributed by atoms with Crippen LogP contribution in [0.5, 0.6) is 0 Å². The Morgan fingerprint density at radius 1 is 1.18 bits per heavy atom. The highest BCUT2D eigenvalue weighted by Gasteiger charge is 2.35. The van der Waals surface area contributed by atoms with E-state index < -0.39 is 5.97 Å². The summed E-state index contributed by atoms with van der Waals surface area (Å²) in [4.78, 5) is 27.4. The molecule has 9 heteroatoms. The van der Waals surface area contributed by atoms with E-state index in [1.54, 1.807) is 6.07 Å². The van der Waals surface area contributed by atoms with Crippen LogP contribution < -0.4 is 5.32 Å². The van der Waals surface area contributed by atoms with Gasteiger partial charge in [-0.05, 0) is 12.8 Å². The molecule has 0 aliphatic heterocycles. The molecule has 9 nitrogen and oxygen atoms in total. The molecule has 0 bridgehead atoms. The minimum atomic E-state index is -0.408. The molecule has 0 saturated heterocycles. The summed E-state index contributed by atoms with van der Waals surface area (Å²) in [5, 5.41) is 10.8. The minimum absolute atomic E-state index is 0.00167. The molecule has 28 heavy (non-hydrogen) atoms. The quantitative estimate of drug-likeness (QED) is 0.646. The molecule has 0 atom stereocenters. The SMILES string of the molecule is CC(=O)OCc1nc(C2CC(NC(=O)c3cc(-c4ccccc4)no3)C2)no1. The van der Waals surface area contributed by atoms with Crippen LogP contribution in [0.3, 0.4) is 0 Å². The van der Waals surface area contributed by atoms with Gasteiger partial charge in [0, 0.05) is 30.5 Å². The van der Waals surface area contributed by atoms with Crippen molar-refractivity contribution in [2.45, 2.75) is 38.3 Å². The predicted octanol–water partition coefficient (Wildman–Crippen LogP) is 2.46. The van der Waals surface area contributed by atoms with Crippen molar-refractivity contribution in [1.29, 1.82) is 0 Å². The average Bonchev–Trinajstić information content (AvgIpc) is 3.33. The summed E-state index contributed by atoms with van der Waals surface area (Å²) in [6.45, 7) is 1.28. The molecule has 144 valence electrons. The first-order chi connectivity index (χ1) is 13.6. The maximum absolute atomic E-state index is 12.3. The molecule has 1 aliphatic rings. The van der Waals surface area contributed by atoms with Crippen LogP contribution in [-0.4, -0.2) is 33.2 Å². The number of nitrogens with zero attached hydrogens (tertiary/aromatic N) is 3. The molecular formula is C19H18N4O5. The summed E-state index contributed by atoms with van der Waals surface area (Å²) in [6, 6.07) is 11.1. The van der Waals surface area contributed by atoms with E-state index in [0.717, 1.165) is 5.56 Å². The molecule has 1 amide bonds. The second-order valence-corrected chi connectivity index (χ2v) is 6.61. The van der Waals surface area contributed by atoms with E-state index in [2.05, 4.69) is 20.6 Å². The highest BCUT2D eigenvalue weighted by molar-refractivity contribution is 5.92. The maximum Gasteiger partial charge on any atom is 0.303 e. The first-order valence-corrected chi connectivity index (χ1v) is 8.87. The molecule has 1 saturated carbocycles. The van der Waals surface area contributed by atoms with Crippen molar-refractivity contribution < 1.29 is 23.4 Å². The summed E-state index contributed by atoms with van der Waals surface area (Å²) in [7, 11) is 0. The molecule has 2 heterocycles. The molecule has 3 aromatic rings. The fourth-order valence-corrected chi connectivity index (χ4v) is 2.99. The third-order valence-electron chi connectivity index (χ3n) is 4.52. The lowest BCUT2D eigenvalue weighted by Crippen LogP contribution is -2.43. The van der Waals surface area contributed by atoms with Crippen LogP contribution in [0.2, 0.25) is 0 Å². The summed E-state index contributed by atoms with van der Waals surface area (Å²) in [5.41, 5.74) is 1.50. The Hall–Kier alpha value is -3.49. The van der Waals surface area contributed by atoms with Crippen molar-refractivity contribution >= 4 is 11.9 Å². The van der Waals surface area contributed by atoms with Gasteiger partial charge in [-0.25, -0.2) is 0 Å². The van der Waals surface area contributed by atoms with Gasteiger partial charge in [-0.3, -0.25) is 9.59 Å². The number of ether oxygens (including phenoxy) is 1. The molecule has 1 N–H and O–H groups in total. The average molecular weight is 382 g/mol. The number of nitrogens with one attached hydrogen (secondary N) is 1. The van der Waals surface area contributed by atoms with Gasteiger partial charge in [0.05, 0.1) is 0 Å². The van der Waals surface area contributed by atoms with E-state index in [9.17, 15) is 9.59 Å². The zero-order valence-corrected chi connectivity index (χ0v) is 15.1. The van der Waals surface area contributed by atoms with Crippen LogP contribution in [0.15, 0.2) is 45.4 Å². The van der Waals surface area contributed by atoms with Crippen LogP contribution >= 0.6 is 0 Å². The summed E-state index contributed by atoms with van der Waals surface area (Å²) < 4.78 is 15.0. The van der Waals surface area contributed by atoms with Crippen LogP contribution in [0, 0.1) is 0 Å². The molecule has 2 aromatic heterocycles. The zero-order chi connectivity index (χ0) is 19.5. The predicted molar refractivity (Wildman–Crippen MR) is 94.9 cm³/mol. The number of carbonyl (C=O) groups is 2. The van der Waals surface area contributed by atoms with Gasteiger partial charge in [0.2, 0.25) is 5.76 Å². The van der Waals surface area contributed by atoms with Gasteiger partial charge in [-0.15, -0.1) is 0 Å². The van der Waals surface area contributed by atoms with E-state index in [1.165, 1.54) is 6.92 Å². The third kappa shape index (κ3) is 3.93. The summed E-state index contributed by atoms with van der Waals surface area (Å²) in [5.74, 6) is 0.363. The number of esters is 1. The standard InChI is InChI=1S/C19H18N4O5/c1-11(24)26-10-17-21-18(23-28-17)13-7-14(8-13)20-19(25)16-9-15(22-27-16)12-5-3-2-4-6-12/h2-6,9,13-14H,7-8,10H2,1H3,(H,20,25). The number of benzene rings is 1. The summed E-state index contributed by atoms with van der Waals surface area (Å²) in [6.07, 6.45) is 1.38. The van der Waals surface area contributed by atoms with Gasteiger partial charge < -0.3 is 19.1 Å². The molecule has 1 aliphatic carbocycles. The second-order valence-electron chi connectivity index (χ2n) is 6.61. The Kier molecular flexibility index (Phi) is 4.88. The van der Waals surface area contributed by atoms with Crippen molar-refractivity contribution in [1.82, 2.24) is 20.6 Å². The van der Waals surface area contributed by atoms with Crippen molar-refractivity contribution in [3.05, 3.63) is 53.9 Å². The van der Waals surface area contributed by atoms with Crippen LogP contribution in [0.4, 0.5) is 0 Å². The van der Waals surface area contributed by atoms with Gasteiger partial charge in [-0.1, -0.05) is 40.6 Å². The van der Waals surface area contributed by atoms with Gasteiger partial charge in [-0.2, -0.15) is 4.98 Å². The van der Waals surface area contributed by atoms with Gasteiger partial charge in [0.1, 0.15) is 5.69 Å². The highest BCUT2D eigenvalue weighted by Crippen LogP contribution is 2.35. The number of hydrogen-bond donors (Lipinski definition) is 1. The fourth-order valence-electron chi connectivity index (χ4n) is 2.99. The Bertz CT molecular complexity index is 975. The molecular weight excluding hydrogens is 364 g/mol. The Labute approximate surface area is 160 Å². The van der Waals surface area contributed by atoms with Crippen LogP contribution in [0.1, 0.15) is 48.0 Å². The Balaban J connectivity index is 1.28. The molecule has 1 aromatic carbocycles. The molecule has 0 spiro atoms. The van der Waals surface area contributed by atoms with Crippen molar-refractivity contribution in [3.63, 3.8) is 0 Å². The molecule has 1 fully saturated rings. The molecule has 0 radical (unpaired) electrons. The fraction of sp³-hybridized carbons (Fsp3) is 0.316. The summed E-state index contributed by atoms with van der Waals surface area (Å²) >= 11 is 0. The normalized spacial score (nSPS) is 18.3. The lowest BCUT2D eigenvalue weighted by Gasteiger charge is -2.33. The smallest absolute Gasteiger partial charge is 0.303 e. The van der Waals surface area contributed by atoms with Crippen molar-refractivity contribution in [2.24, 2.45) is 0 Å². The Morgan fingerprint density at radius 2 is 1.96 bits per heavy atom. The van der Waals surface area contributed by atoms with E-state index >= 15 is 0 Å². The van der Waals surface area contributed by atoms with Crippen molar-refractivity contribution in [3.8, 4) is 11.3 Å². The molecule has 0 unspecified atom stereocenters. The van der Waals surface area contributed by atoms with Crippen LogP contribution in [0.25, 0.3) is 11.3 Å². The van der Waals surface area contributed by atoms with Gasteiger partial charge >= 0.3 is 5.97 Å². The maximum atomic E-state index is 12.3. The lowest BCUT2D eigenvalue weighted by molar-refractivity contribution is -0.143. The Morgan fingerprint density at radius 3 is 2.71 bits per heavy atom. The topological polar surface area (TPSA) is 120 Å². The first-order valence-electron chi connectivity index (χ1n) is 8.87.